The first-order chi connectivity index (χ1) is 9.57. The summed E-state index contributed by atoms with van der Waals surface area (Å²) in [4.78, 5) is 21.2. The summed E-state index contributed by atoms with van der Waals surface area (Å²) in [5, 5.41) is 29.6. The summed E-state index contributed by atoms with van der Waals surface area (Å²) >= 11 is 0. The minimum absolute atomic E-state index is 0.415. The molecular formula is C12H26N4O4. The quantitative estimate of drug-likeness (QED) is 0.209. The van der Waals surface area contributed by atoms with E-state index in [1.807, 2.05) is 0 Å². The standard InChI is InChI=1S/C12H26N4O4/c1-2-13-3-4-14-5-6-15-7-8-16-10(12(19)20)9-11(17)18/h10,13-16H,2-9H2,1H3,(H,17,18)(H,19,20). The van der Waals surface area contributed by atoms with Gasteiger partial charge < -0.3 is 31.5 Å². The van der Waals surface area contributed by atoms with Crippen LogP contribution in [0.1, 0.15) is 13.3 Å². The lowest BCUT2D eigenvalue weighted by Crippen LogP contribution is -2.42. The molecule has 0 heterocycles. The molecule has 0 aromatic heterocycles. The third kappa shape index (κ3) is 11.8. The Hall–Kier alpha value is -1.22. The predicted octanol–water partition coefficient (Wildman–Crippen LogP) is -1.71. The maximum atomic E-state index is 10.8. The topological polar surface area (TPSA) is 123 Å². The van der Waals surface area contributed by atoms with Crippen LogP contribution >= 0.6 is 0 Å². The van der Waals surface area contributed by atoms with Crippen molar-refractivity contribution >= 4 is 11.9 Å². The third-order valence-corrected chi connectivity index (χ3v) is 2.58. The Labute approximate surface area is 119 Å². The maximum Gasteiger partial charge on any atom is 0.321 e. The highest BCUT2D eigenvalue weighted by molar-refractivity contribution is 5.80. The van der Waals surface area contributed by atoms with Gasteiger partial charge in [0, 0.05) is 39.3 Å². The molecule has 0 rings (SSSR count). The van der Waals surface area contributed by atoms with Gasteiger partial charge in [0.2, 0.25) is 0 Å². The Bertz CT molecular complexity index is 276. The van der Waals surface area contributed by atoms with Crippen molar-refractivity contribution in [3.8, 4) is 0 Å². The molecule has 0 saturated heterocycles. The van der Waals surface area contributed by atoms with Crippen molar-refractivity contribution in [2.24, 2.45) is 0 Å². The largest absolute Gasteiger partial charge is 0.481 e. The van der Waals surface area contributed by atoms with Crippen molar-refractivity contribution in [1.29, 1.82) is 0 Å². The second-order valence-electron chi connectivity index (χ2n) is 4.30. The average molecular weight is 290 g/mol. The Kier molecular flexibility index (Phi) is 12.0. The van der Waals surface area contributed by atoms with Gasteiger partial charge in [0.15, 0.2) is 0 Å². The number of hydrogen-bond acceptors (Lipinski definition) is 6. The molecule has 0 saturated carbocycles. The molecule has 0 spiro atoms. The summed E-state index contributed by atoms with van der Waals surface area (Å²) in [6.07, 6.45) is -0.415. The van der Waals surface area contributed by atoms with E-state index in [4.69, 9.17) is 10.2 Å². The van der Waals surface area contributed by atoms with Gasteiger partial charge in [-0.2, -0.15) is 0 Å². The summed E-state index contributed by atoms with van der Waals surface area (Å²) in [6, 6.07) is -1.03. The molecule has 8 nitrogen and oxygen atoms in total. The van der Waals surface area contributed by atoms with E-state index in [9.17, 15) is 9.59 Å². The van der Waals surface area contributed by atoms with Crippen molar-refractivity contribution in [2.45, 2.75) is 19.4 Å². The fourth-order valence-electron chi connectivity index (χ4n) is 1.54. The first-order valence-corrected chi connectivity index (χ1v) is 6.88. The fourth-order valence-corrected chi connectivity index (χ4v) is 1.54. The molecule has 0 aliphatic carbocycles. The molecule has 118 valence electrons. The van der Waals surface area contributed by atoms with Gasteiger partial charge in [0.1, 0.15) is 6.04 Å². The highest BCUT2D eigenvalue weighted by atomic mass is 16.4. The molecular weight excluding hydrogens is 264 g/mol. The predicted molar refractivity (Wildman–Crippen MR) is 76.0 cm³/mol. The van der Waals surface area contributed by atoms with E-state index in [1.165, 1.54) is 0 Å². The van der Waals surface area contributed by atoms with Gasteiger partial charge in [-0.05, 0) is 6.54 Å². The summed E-state index contributed by atoms with van der Waals surface area (Å²) in [7, 11) is 0. The van der Waals surface area contributed by atoms with E-state index in [2.05, 4.69) is 28.2 Å². The Morgan fingerprint density at radius 1 is 0.900 bits per heavy atom. The lowest BCUT2D eigenvalue weighted by Gasteiger charge is -2.12. The maximum absolute atomic E-state index is 10.8. The monoisotopic (exact) mass is 290 g/mol. The molecule has 0 bridgehead atoms. The lowest BCUT2D eigenvalue weighted by molar-refractivity contribution is -0.145. The zero-order valence-corrected chi connectivity index (χ0v) is 11.9. The SMILES string of the molecule is CCNCCNCCNCCNC(CC(=O)O)C(=O)O. The minimum Gasteiger partial charge on any atom is -0.481 e. The van der Waals surface area contributed by atoms with Crippen molar-refractivity contribution < 1.29 is 19.8 Å². The van der Waals surface area contributed by atoms with E-state index in [0.717, 1.165) is 32.7 Å². The molecule has 0 aliphatic rings. The van der Waals surface area contributed by atoms with E-state index in [0.29, 0.717) is 13.1 Å². The average Bonchev–Trinajstić information content (AvgIpc) is 2.39. The van der Waals surface area contributed by atoms with Crippen LogP contribution in [0.5, 0.6) is 0 Å². The molecule has 8 heteroatoms. The van der Waals surface area contributed by atoms with Gasteiger partial charge in [-0.15, -0.1) is 0 Å². The highest BCUT2D eigenvalue weighted by Gasteiger charge is 2.19. The molecule has 0 aromatic rings. The molecule has 0 aromatic carbocycles. The van der Waals surface area contributed by atoms with Crippen LogP contribution in [-0.2, 0) is 9.59 Å². The van der Waals surface area contributed by atoms with Crippen LogP contribution < -0.4 is 21.3 Å². The number of carboxylic acids is 2. The summed E-state index contributed by atoms with van der Waals surface area (Å²) in [6.45, 7) is 7.50. The fraction of sp³-hybridized carbons (Fsp3) is 0.833. The number of aliphatic carboxylic acids is 2. The Morgan fingerprint density at radius 2 is 1.40 bits per heavy atom. The number of nitrogens with one attached hydrogen (secondary N) is 4. The van der Waals surface area contributed by atoms with Gasteiger partial charge in [-0.1, -0.05) is 6.92 Å². The van der Waals surface area contributed by atoms with Crippen LogP contribution in [-0.4, -0.2) is 74.0 Å². The zero-order valence-electron chi connectivity index (χ0n) is 11.9. The zero-order chi connectivity index (χ0) is 15.2. The van der Waals surface area contributed by atoms with Gasteiger partial charge in [-0.25, -0.2) is 0 Å². The Morgan fingerprint density at radius 3 is 1.85 bits per heavy atom. The van der Waals surface area contributed by atoms with Gasteiger partial charge in [-0.3, -0.25) is 9.59 Å². The molecule has 6 N–H and O–H groups in total. The summed E-state index contributed by atoms with van der Waals surface area (Å²) in [5.41, 5.74) is 0. The molecule has 0 fully saturated rings. The van der Waals surface area contributed by atoms with Gasteiger partial charge >= 0.3 is 11.9 Å². The van der Waals surface area contributed by atoms with Gasteiger partial charge in [0.25, 0.3) is 0 Å². The second-order valence-corrected chi connectivity index (χ2v) is 4.30. The molecule has 0 aliphatic heterocycles. The van der Waals surface area contributed by atoms with Crippen molar-refractivity contribution in [3.63, 3.8) is 0 Å². The van der Waals surface area contributed by atoms with Crippen LogP contribution in [0.15, 0.2) is 0 Å². The van der Waals surface area contributed by atoms with E-state index >= 15 is 0 Å². The molecule has 1 unspecified atom stereocenters. The number of likely N-dealkylation sites (N-methyl/N-ethyl adjacent to an activating group) is 1. The van der Waals surface area contributed by atoms with Crippen LogP contribution in [0.4, 0.5) is 0 Å². The number of rotatable bonds is 14. The summed E-state index contributed by atoms with van der Waals surface area (Å²) in [5.74, 6) is -2.26. The van der Waals surface area contributed by atoms with Crippen molar-refractivity contribution in [2.75, 3.05) is 45.8 Å². The van der Waals surface area contributed by atoms with Crippen LogP contribution in [0, 0.1) is 0 Å². The lowest BCUT2D eigenvalue weighted by atomic mass is 10.2. The summed E-state index contributed by atoms with van der Waals surface area (Å²) < 4.78 is 0. The number of carbonyl (C=O) groups is 2. The van der Waals surface area contributed by atoms with E-state index < -0.39 is 24.4 Å². The molecule has 0 amide bonds. The molecule has 0 radical (unpaired) electrons. The normalized spacial score (nSPS) is 12.2. The highest BCUT2D eigenvalue weighted by Crippen LogP contribution is 1.91. The van der Waals surface area contributed by atoms with Crippen LogP contribution in [0.25, 0.3) is 0 Å². The minimum atomic E-state index is -1.14. The molecule has 20 heavy (non-hydrogen) atoms. The third-order valence-electron chi connectivity index (χ3n) is 2.58. The van der Waals surface area contributed by atoms with Gasteiger partial charge in [0.05, 0.1) is 6.42 Å². The van der Waals surface area contributed by atoms with Crippen LogP contribution in [0.2, 0.25) is 0 Å². The first kappa shape index (κ1) is 18.8. The van der Waals surface area contributed by atoms with E-state index in [1.54, 1.807) is 0 Å². The smallest absolute Gasteiger partial charge is 0.321 e. The number of carboxylic acid groups (broad SMARTS) is 2. The Balaban J connectivity index is 3.41. The first-order valence-electron chi connectivity index (χ1n) is 6.88. The second kappa shape index (κ2) is 12.8. The van der Waals surface area contributed by atoms with Crippen molar-refractivity contribution in [3.05, 3.63) is 0 Å². The van der Waals surface area contributed by atoms with Crippen molar-refractivity contribution in [1.82, 2.24) is 21.3 Å². The number of hydrogen-bond donors (Lipinski definition) is 6. The molecule has 1 atom stereocenters. The van der Waals surface area contributed by atoms with Crippen LogP contribution in [0.3, 0.4) is 0 Å². The van der Waals surface area contributed by atoms with E-state index in [-0.39, 0.29) is 0 Å².